The van der Waals surface area contributed by atoms with Crippen molar-refractivity contribution in [1.82, 2.24) is 10.1 Å². The highest BCUT2D eigenvalue weighted by molar-refractivity contribution is 5.54. The van der Waals surface area contributed by atoms with E-state index in [-0.39, 0.29) is 11.2 Å². The molecule has 1 aromatic carbocycles. The van der Waals surface area contributed by atoms with Crippen LogP contribution in [0.4, 0.5) is 8.78 Å². The van der Waals surface area contributed by atoms with Crippen LogP contribution in [0.1, 0.15) is 38.0 Å². The van der Waals surface area contributed by atoms with Crippen molar-refractivity contribution < 1.29 is 13.3 Å². The van der Waals surface area contributed by atoms with E-state index in [4.69, 9.17) is 10.3 Å². The second-order valence-corrected chi connectivity index (χ2v) is 5.60. The number of aromatic nitrogens is 2. The highest BCUT2D eigenvalue weighted by atomic mass is 19.2. The number of hydrogen-bond acceptors (Lipinski definition) is 4. The fourth-order valence-electron chi connectivity index (χ4n) is 2.93. The molecule has 2 aromatic rings. The minimum absolute atomic E-state index is 0.266. The predicted molar refractivity (Wildman–Crippen MR) is 73.5 cm³/mol. The Kier molecular flexibility index (Phi) is 3.71. The summed E-state index contributed by atoms with van der Waals surface area (Å²) in [5, 5.41) is 3.89. The molecular weight excluding hydrogens is 276 g/mol. The predicted octanol–water partition coefficient (Wildman–Crippen LogP) is 3.18. The molecule has 0 atom stereocenters. The summed E-state index contributed by atoms with van der Waals surface area (Å²) in [7, 11) is 0. The minimum atomic E-state index is -0.926. The Morgan fingerprint density at radius 2 is 1.90 bits per heavy atom. The maximum absolute atomic E-state index is 13.3. The Hall–Kier alpha value is -1.82. The van der Waals surface area contributed by atoms with E-state index in [2.05, 4.69) is 10.1 Å². The smallest absolute Gasteiger partial charge is 0.234 e. The van der Waals surface area contributed by atoms with Crippen molar-refractivity contribution in [3.63, 3.8) is 0 Å². The highest BCUT2D eigenvalue weighted by Crippen LogP contribution is 2.38. The first-order valence-corrected chi connectivity index (χ1v) is 7.14. The Morgan fingerprint density at radius 1 is 1.14 bits per heavy atom. The topological polar surface area (TPSA) is 64.9 Å². The summed E-state index contributed by atoms with van der Waals surface area (Å²) >= 11 is 0. The van der Waals surface area contributed by atoms with Gasteiger partial charge in [0.25, 0.3) is 0 Å². The summed E-state index contributed by atoms with van der Waals surface area (Å²) in [5.74, 6) is -1.05. The Balaban J connectivity index is 1.93. The van der Waals surface area contributed by atoms with Crippen LogP contribution in [0.2, 0.25) is 0 Å². The van der Waals surface area contributed by atoms with E-state index in [1.54, 1.807) is 0 Å². The fraction of sp³-hybridized carbons (Fsp3) is 0.467. The largest absolute Gasteiger partial charge is 0.338 e. The summed E-state index contributed by atoms with van der Waals surface area (Å²) in [6, 6.07) is 3.56. The summed E-state index contributed by atoms with van der Waals surface area (Å²) < 4.78 is 31.6. The molecule has 0 saturated heterocycles. The van der Waals surface area contributed by atoms with Crippen molar-refractivity contribution in [3.8, 4) is 11.4 Å². The molecule has 0 aliphatic heterocycles. The molecule has 21 heavy (non-hydrogen) atoms. The van der Waals surface area contributed by atoms with Gasteiger partial charge in [0.15, 0.2) is 11.6 Å². The first kappa shape index (κ1) is 14.1. The maximum atomic E-state index is 13.3. The van der Waals surface area contributed by atoms with Crippen molar-refractivity contribution in [2.45, 2.75) is 37.5 Å². The van der Waals surface area contributed by atoms with Crippen molar-refractivity contribution >= 4 is 0 Å². The first-order valence-electron chi connectivity index (χ1n) is 7.14. The molecule has 0 unspecified atom stereocenters. The molecule has 6 heteroatoms. The molecule has 112 valence electrons. The fourth-order valence-corrected chi connectivity index (χ4v) is 2.93. The maximum Gasteiger partial charge on any atom is 0.234 e. The van der Waals surface area contributed by atoms with Gasteiger partial charge < -0.3 is 10.3 Å². The molecule has 1 heterocycles. The van der Waals surface area contributed by atoms with E-state index >= 15 is 0 Å². The summed E-state index contributed by atoms with van der Waals surface area (Å²) in [6.45, 7) is 0.451. The summed E-state index contributed by atoms with van der Waals surface area (Å²) in [4.78, 5) is 4.37. The van der Waals surface area contributed by atoms with Crippen molar-refractivity contribution in [2.75, 3.05) is 6.54 Å². The van der Waals surface area contributed by atoms with Crippen molar-refractivity contribution in [3.05, 3.63) is 35.7 Å². The van der Waals surface area contributed by atoms with Gasteiger partial charge in [0, 0.05) is 12.1 Å². The van der Waals surface area contributed by atoms with Gasteiger partial charge in [-0.05, 0) is 31.0 Å². The van der Waals surface area contributed by atoms with Crippen molar-refractivity contribution in [1.29, 1.82) is 0 Å². The van der Waals surface area contributed by atoms with Crippen LogP contribution in [-0.2, 0) is 5.41 Å². The van der Waals surface area contributed by atoms with Gasteiger partial charge in [-0.1, -0.05) is 24.4 Å². The van der Waals surface area contributed by atoms with Gasteiger partial charge in [-0.15, -0.1) is 0 Å². The molecule has 1 aliphatic carbocycles. The molecule has 1 aromatic heterocycles. The number of hydrogen-bond donors (Lipinski definition) is 1. The van der Waals surface area contributed by atoms with Gasteiger partial charge in [0.2, 0.25) is 11.7 Å². The average Bonchev–Trinajstić information content (AvgIpc) is 3.01. The molecular formula is C15H17F2N3O. The molecule has 4 nitrogen and oxygen atoms in total. The third kappa shape index (κ3) is 2.55. The molecule has 0 amide bonds. The molecule has 1 aliphatic rings. The van der Waals surface area contributed by atoms with Crippen LogP contribution in [0, 0.1) is 11.6 Å². The lowest BCUT2D eigenvalue weighted by Gasteiger charge is -2.32. The van der Waals surface area contributed by atoms with Crippen LogP contribution in [-0.4, -0.2) is 16.7 Å². The first-order chi connectivity index (χ1) is 10.1. The third-order valence-corrected chi connectivity index (χ3v) is 4.26. The molecule has 0 bridgehead atoms. The third-order valence-electron chi connectivity index (χ3n) is 4.26. The zero-order valence-electron chi connectivity index (χ0n) is 11.6. The molecule has 1 fully saturated rings. The Morgan fingerprint density at radius 3 is 2.57 bits per heavy atom. The van der Waals surface area contributed by atoms with Crippen LogP contribution < -0.4 is 5.73 Å². The number of benzene rings is 1. The van der Waals surface area contributed by atoms with Crippen LogP contribution in [0.25, 0.3) is 11.4 Å². The lowest BCUT2D eigenvalue weighted by atomic mass is 9.74. The molecule has 3 rings (SSSR count). The van der Waals surface area contributed by atoms with Crippen LogP contribution in [0.15, 0.2) is 22.7 Å². The van der Waals surface area contributed by atoms with Crippen LogP contribution in [0.3, 0.4) is 0 Å². The van der Waals surface area contributed by atoms with Gasteiger partial charge in [-0.3, -0.25) is 0 Å². The molecule has 0 spiro atoms. The summed E-state index contributed by atoms with van der Waals surface area (Å²) in [5.41, 5.74) is 6.04. The zero-order valence-corrected chi connectivity index (χ0v) is 11.6. The Bertz CT molecular complexity index is 636. The quantitative estimate of drug-likeness (QED) is 0.944. The van der Waals surface area contributed by atoms with Crippen LogP contribution >= 0.6 is 0 Å². The van der Waals surface area contributed by atoms with E-state index in [1.165, 1.54) is 12.5 Å². The Labute approximate surface area is 121 Å². The molecule has 1 saturated carbocycles. The van der Waals surface area contributed by atoms with Gasteiger partial charge in [-0.2, -0.15) is 4.98 Å². The SMILES string of the molecule is NCC1(c2nc(-c3ccc(F)c(F)c3)no2)CCCCC1. The average molecular weight is 293 g/mol. The lowest BCUT2D eigenvalue weighted by molar-refractivity contribution is 0.220. The molecule has 0 radical (unpaired) electrons. The minimum Gasteiger partial charge on any atom is -0.338 e. The lowest BCUT2D eigenvalue weighted by Crippen LogP contribution is -2.37. The number of halogens is 2. The zero-order chi connectivity index (χ0) is 14.9. The van der Waals surface area contributed by atoms with E-state index < -0.39 is 11.6 Å². The van der Waals surface area contributed by atoms with E-state index in [0.29, 0.717) is 18.0 Å². The normalized spacial score (nSPS) is 17.9. The van der Waals surface area contributed by atoms with Crippen LogP contribution in [0.5, 0.6) is 0 Å². The number of rotatable bonds is 3. The van der Waals surface area contributed by atoms with E-state index in [0.717, 1.165) is 37.8 Å². The highest BCUT2D eigenvalue weighted by Gasteiger charge is 2.38. The second-order valence-electron chi connectivity index (χ2n) is 5.60. The molecule has 2 N–H and O–H groups in total. The number of nitrogens with zero attached hydrogens (tertiary/aromatic N) is 2. The van der Waals surface area contributed by atoms with Gasteiger partial charge in [-0.25, -0.2) is 8.78 Å². The van der Waals surface area contributed by atoms with Crippen molar-refractivity contribution in [2.24, 2.45) is 5.73 Å². The second kappa shape index (κ2) is 5.52. The van der Waals surface area contributed by atoms with E-state index in [9.17, 15) is 8.78 Å². The number of nitrogens with two attached hydrogens (primary N) is 1. The standard InChI is InChI=1S/C15H17F2N3O/c16-11-5-4-10(8-12(11)17)13-19-14(21-20-13)15(9-18)6-2-1-3-7-15/h4-5,8H,1-3,6-7,9,18H2. The monoisotopic (exact) mass is 293 g/mol. The van der Waals surface area contributed by atoms with Gasteiger partial charge >= 0.3 is 0 Å². The van der Waals surface area contributed by atoms with Gasteiger partial charge in [0.05, 0.1) is 5.41 Å². The summed E-state index contributed by atoms with van der Waals surface area (Å²) in [6.07, 6.45) is 5.19. The van der Waals surface area contributed by atoms with E-state index in [1.807, 2.05) is 0 Å². The van der Waals surface area contributed by atoms with Gasteiger partial charge in [0.1, 0.15) is 0 Å².